The molecule has 1 aromatic carbocycles. The second kappa shape index (κ2) is 17.8. The van der Waals surface area contributed by atoms with Gasteiger partial charge >= 0.3 is 12.1 Å². The number of aromatic hydroxyl groups is 1. The highest BCUT2D eigenvalue weighted by molar-refractivity contribution is 5.93. The molecular formula is C29H46N4O8. The molecule has 12 heteroatoms. The molecule has 41 heavy (non-hydrogen) atoms. The third-order valence-corrected chi connectivity index (χ3v) is 5.93. The van der Waals surface area contributed by atoms with Crippen LogP contribution >= 0.6 is 0 Å². The number of hydrogen-bond donors (Lipinski definition) is 4. The maximum absolute atomic E-state index is 14.1. The number of para-hydroxylation sites is 1. The van der Waals surface area contributed by atoms with E-state index in [1.807, 2.05) is 6.92 Å². The first kappa shape index (κ1) is 35.2. The highest BCUT2D eigenvalue weighted by atomic mass is 16.6. The lowest BCUT2D eigenvalue weighted by Crippen LogP contribution is -2.53. The van der Waals surface area contributed by atoms with Crippen molar-refractivity contribution < 1.29 is 38.6 Å². The van der Waals surface area contributed by atoms with Crippen LogP contribution in [0.2, 0.25) is 0 Å². The lowest BCUT2D eigenvalue weighted by atomic mass is 10.00. The Morgan fingerprint density at radius 3 is 2.29 bits per heavy atom. The summed E-state index contributed by atoms with van der Waals surface area (Å²) in [7, 11) is 0. The molecule has 0 radical (unpaired) electrons. The number of phenols is 1. The van der Waals surface area contributed by atoms with E-state index in [1.54, 1.807) is 39.8 Å². The van der Waals surface area contributed by atoms with Crippen molar-refractivity contribution >= 4 is 29.8 Å². The van der Waals surface area contributed by atoms with E-state index in [2.05, 4.69) is 10.6 Å². The number of amides is 4. The molecule has 2 unspecified atom stereocenters. The Morgan fingerprint density at radius 1 is 1.02 bits per heavy atom. The number of esters is 1. The van der Waals surface area contributed by atoms with Crippen LogP contribution in [-0.2, 0) is 28.7 Å². The summed E-state index contributed by atoms with van der Waals surface area (Å²) in [6, 6.07) is 3.58. The van der Waals surface area contributed by atoms with Crippen LogP contribution in [0.5, 0.6) is 5.75 Å². The molecule has 0 aliphatic heterocycles. The number of rotatable bonds is 17. The molecule has 0 bridgehead atoms. The predicted octanol–water partition coefficient (Wildman–Crippen LogP) is 3.07. The van der Waals surface area contributed by atoms with Gasteiger partial charge in [0.05, 0.1) is 13.0 Å². The number of nitrogens with zero attached hydrogens (tertiary/aromatic N) is 1. The molecule has 0 fully saturated rings. The van der Waals surface area contributed by atoms with Crippen LogP contribution in [0.3, 0.4) is 0 Å². The van der Waals surface area contributed by atoms with Gasteiger partial charge in [0.25, 0.3) is 0 Å². The van der Waals surface area contributed by atoms with Crippen LogP contribution in [0.4, 0.5) is 4.79 Å². The van der Waals surface area contributed by atoms with Crippen molar-refractivity contribution in [3.8, 4) is 5.75 Å². The molecule has 230 valence electrons. The van der Waals surface area contributed by atoms with Gasteiger partial charge in [0.1, 0.15) is 23.4 Å². The molecule has 12 nitrogen and oxygen atoms in total. The number of carbonyl (C=O) groups excluding carboxylic acids is 5. The molecule has 0 saturated carbocycles. The molecule has 0 spiro atoms. The summed E-state index contributed by atoms with van der Waals surface area (Å²) in [5.41, 5.74) is 4.65. The molecule has 4 amide bonds. The van der Waals surface area contributed by atoms with Crippen LogP contribution < -0.4 is 16.4 Å². The normalized spacial score (nSPS) is 12.5. The maximum Gasteiger partial charge on any atom is 0.408 e. The number of nitrogens with two attached hydrogens (primary N) is 1. The SMILES string of the molecule is CCCCCCN(C(=O)C(CCC(N)=O)NC(=O)OC(C)(C)C)C(C(=O)NCCC(=O)OCC)c1ccccc1O. The fourth-order valence-corrected chi connectivity index (χ4v) is 4.06. The number of primary amides is 1. The Labute approximate surface area is 242 Å². The van der Waals surface area contributed by atoms with Crippen molar-refractivity contribution in [1.29, 1.82) is 0 Å². The summed E-state index contributed by atoms with van der Waals surface area (Å²) in [6.45, 7) is 8.98. The van der Waals surface area contributed by atoms with Crippen molar-refractivity contribution in [3.63, 3.8) is 0 Å². The lowest BCUT2D eigenvalue weighted by Gasteiger charge is -2.34. The fourth-order valence-electron chi connectivity index (χ4n) is 4.06. The number of phenolic OH excluding ortho intramolecular Hbond substituents is 1. The molecule has 0 aliphatic rings. The Balaban J connectivity index is 3.47. The quantitative estimate of drug-likeness (QED) is 0.161. The van der Waals surface area contributed by atoms with Crippen molar-refractivity contribution in [2.45, 2.75) is 97.2 Å². The molecule has 1 aromatic rings. The van der Waals surface area contributed by atoms with E-state index >= 15 is 0 Å². The molecule has 2 atom stereocenters. The number of nitrogens with one attached hydrogen (secondary N) is 2. The van der Waals surface area contributed by atoms with E-state index in [-0.39, 0.29) is 50.3 Å². The smallest absolute Gasteiger partial charge is 0.408 e. The average Bonchev–Trinajstić information content (AvgIpc) is 2.87. The van der Waals surface area contributed by atoms with E-state index in [1.165, 1.54) is 17.0 Å². The summed E-state index contributed by atoms with van der Waals surface area (Å²) >= 11 is 0. The molecular weight excluding hydrogens is 532 g/mol. The first-order valence-corrected chi connectivity index (χ1v) is 14.1. The number of hydrogen-bond acceptors (Lipinski definition) is 8. The van der Waals surface area contributed by atoms with Gasteiger partial charge in [-0.05, 0) is 46.6 Å². The zero-order valence-electron chi connectivity index (χ0n) is 24.9. The van der Waals surface area contributed by atoms with E-state index < -0.39 is 47.5 Å². The lowest BCUT2D eigenvalue weighted by molar-refractivity contribution is -0.144. The molecule has 5 N–H and O–H groups in total. The second-order valence-corrected chi connectivity index (χ2v) is 10.6. The highest BCUT2D eigenvalue weighted by Gasteiger charge is 2.37. The van der Waals surface area contributed by atoms with Crippen LogP contribution in [0, 0.1) is 0 Å². The maximum atomic E-state index is 14.1. The van der Waals surface area contributed by atoms with Gasteiger partial charge in [0.15, 0.2) is 0 Å². The standard InChI is InChI=1S/C29H46N4O8/c1-6-8-9-12-19-33(27(38)21(15-16-23(30)35)32-28(39)41-29(3,4)5)25(20-13-10-11-14-22(20)34)26(37)31-18-17-24(36)40-7-2/h10-11,13-14,21,25,34H,6-9,12,15-19H2,1-5H3,(H2,30,35)(H,31,37)(H,32,39). The van der Waals surface area contributed by atoms with Crippen LogP contribution in [0.15, 0.2) is 24.3 Å². The Morgan fingerprint density at radius 2 is 1.71 bits per heavy atom. The van der Waals surface area contributed by atoms with Gasteiger partial charge in [-0.2, -0.15) is 0 Å². The first-order chi connectivity index (χ1) is 19.3. The van der Waals surface area contributed by atoms with Crippen LogP contribution in [0.25, 0.3) is 0 Å². The number of unbranched alkanes of at least 4 members (excludes halogenated alkanes) is 3. The number of alkyl carbamates (subject to hydrolysis) is 1. The summed E-state index contributed by atoms with van der Waals surface area (Å²) in [5, 5.41) is 15.9. The number of carbonyl (C=O) groups is 5. The molecule has 0 aromatic heterocycles. The third kappa shape index (κ3) is 13.4. The minimum Gasteiger partial charge on any atom is -0.508 e. The van der Waals surface area contributed by atoms with E-state index in [0.717, 1.165) is 19.3 Å². The zero-order valence-corrected chi connectivity index (χ0v) is 24.9. The Bertz CT molecular complexity index is 1020. The highest BCUT2D eigenvalue weighted by Crippen LogP contribution is 2.30. The number of ether oxygens (including phenoxy) is 2. The predicted molar refractivity (Wildman–Crippen MR) is 153 cm³/mol. The van der Waals surface area contributed by atoms with Crippen LogP contribution in [-0.4, -0.2) is 71.1 Å². The van der Waals surface area contributed by atoms with E-state index in [0.29, 0.717) is 6.42 Å². The summed E-state index contributed by atoms with van der Waals surface area (Å²) in [6.07, 6.45) is 1.85. The Hall–Kier alpha value is -3.83. The van der Waals surface area contributed by atoms with Crippen molar-refractivity contribution in [1.82, 2.24) is 15.5 Å². The summed E-state index contributed by atoms with van der Waals surface area (Å²) in [5.74, 6) is -2.66. The molecule has 0 heterocycles. The van der Waals surface area contributed by atoms with E-state index in [4.69, 9.17) is 15.2 Å². The van der Waals surface area contributed by atoms with Gasteiger partial charge in [0, 0.05) is 25.1 Å². The Kier molecular flexibility index (Phi) is 15.3. The largest absolute Gasteiger partial charge is 0.508 e. The van der Waals surface area contributed by atoms with Gasteiger partial charge in [0.2, 0.25) is 17.7 Å². The fraction of sp³-hybridized carbons (Fsp3) is 0.621. The van der Waals surface area contributed by atoms with Gasteiger partial charge < -0.3 is 35.8 Å². The molecule has 1 rings (SSSR count). The van der Waals surface area contributed by atoms with Gasteiger partial charge in [-0.1, -0.05) is 44.4 Å². The van der Waals surface area contributed by atoms with Crippen molar-refractivity contribution in [2.75, 3.05) is 19.7 Å². The first-order valence-electron chi connectivity index (χ1n) is 14.1. The number of benzene rings is 1. The minimum atomic E-state index is -1.30. The van der Waals surface area contributed by atoms with E-state index in [9.17, 15) is 29.1 Å². The molecule has 0 aliphatic carbocycles. The van der Waals surface area contributed by atoms with Gasteiger partial charge in [-0.3, -0.25) is 19.2 Å². The summed E-state index contributed by atoms with van der Waals surface area (Å²) in [4.78, 5) is 65.0. The van der Waals surface area contributed by atoms with Crippen LogP contribution in [0.1, 0.15) is 91.2 Å². The topological polar surface area (TPSA) is 177 Å². The second-order valence-electron chi connectivity index (χ2n) is 10.6. The monoisotopic (exact) mass is 578 g/mol. The van der Waals surface area contributed by atoms with Crippen molar-refractivity contribution in [3.05, 3.63) is 29.8 Å². The average molecular weight is 579 g/mol. The third-order valence-electron chi connectivity index (χ3n) is 5.93. The minimum absolute atomic E-state index is 0.0547. The summed E-state index contributed by atoms with van der Waals surface area (Å²) < 4.78 is 10.2. The molecule has 0 saturated heterocycles. The zero-order chi connectivity index (χ0) is 31.0. The van der Waals surface area contributed by atoms with Gasteiger partial charge in [-0.25, -0.2) is 4.79 Å². The van der Waals surface area contributed by atoms with Gasteiger partial charge in [-0.15, -0.1) is 0 Å². The van der Waals surface area contributed by atoms with Crippen molar-refractivity contribution in [2.24, 2.45) is 5.73 Å².